The van der Waals surface area contributed by atoms with Gasteiger partial charge in [-0.1, -0.05) is 75.2 Å². The molecule has 0 radical (unpaired) electrons. The number of nitrogens with zero attached hydrogens (tertiary/aromatic N) is 1. The number of nitrogens with one attached hydrogen (secondary N) is 3. The molecule has 4 N–H and O–H groups in total. The van der Waals surface area contributed by atoms with Crippen LogP contribution in [0.2, 0.25) is 0 Å². The molecule has 4 rings (SSSR count). The number of aromatic nitrogens is 1. The van der Waals surface area contributed by atoms with E-state index in [-0.39, 0.29) is 24.3 Å². The molecule has 0 fully saturated rings. The summed E-state index contributed by atoms with van der Waals surface area (Å²) < 4.78 is 2.25. The molecule has 8 nitrogen and oxygen atoms in total. The standard InChI is InChI=1S/C33H44N4O4/c1-23(2)18-27(28(33(40)41)21-34-20-24-12-6-5-7-13-24)31(38)36-29-19-25-22-37(30-15-9-8-14-26(25)30)17-11-4-3-10-16-35-32(29)39/h5-9,12-15,22-23,27-29,34H,3-4,10-11,16-21H2,1-2H3,(H,35,39)(H,36,38)(H,40,41)/t27-,28?,29+/m1/s1. The van der Waals surface area contributed by atoms with Gasteiger partial charge in [0.1, 0.15) is 6.04 Å². The average Bonchev–Trinajstić information content (AvgIpc) is 3.30. The fraction of sp³-hybridized carbons (Fsp3) is 0.485. The molecule has 2 amide bonds. The second-order valence-electron chi connectivity index (χ2n) is 11.6. The number of carbonyl (C=O) groups is 3. The van der Waals surface area contributed by atoms with Gasteiger partial charge in [-0.15, -0.1) is 0 Å². The molecule has 2 aromatic carbocycles. The molecule has 41 heavy (non-hydrogen) atoms. The number of carboxylic acid groups (broad SMARTS) is 1. The average molecular weight is 561 g/mol. The van der Waals surface area contributed by atoms with Crippen molar-refractivity contribution in [3.05, 3.63) is 71.9 Å². The second kappa shape index (κ2) is 14.8. The molecular formula is C33H44N4O4. The first-order valence-corrected chi connectivity index (χ1v) is 15.0. The van der Waals surface area contributed by atoms with Crippen LogP contribution in [0.1, 0.15) is 57.1 Å². The van der Waals surface area contributed by atoms with Gasteiger partial charge in [0, 0.05) is 49.7 Å². The zero-order valence-electron chi connectivity index (χ0n) is 24.3. The maximum absolute atomic E-state index is 13.8. The first kappa shape index (κ1) is 30.3. The van der Waals surface area contributed by atoms with Gasteiger partial charge in [0.2, 0.25) is 11.8 Å². The number of aliphatic carboxylic acids is 1. The lowest BCUT2D eigenvalue weighted by Crippen LogP contribution is -2.52. The van der Waals surface area contributed by atoms with E-state index < -0.39 is 23.8 Å². The molecule has 1 aromatic heterocycles. The molecule has 1 unspecified atom stereocenters. The summed E-state index contributed by atoms with van der Waals surface area (Å²) in [4.78, 5) is 39.7. The van der Waals surface area contributed by atoms with E-state index >= 15 is 0 Å². The van der Waals surface area contributed by atoms with Gasteiger partial charge in [0.25, 0.3) is 0 Å². The molecule has 0 saturated heterocycles. The summed E-state index contributed by atoms with van der Waals surface area (Å²) in [7, 11) is 0. The second-order valence-corrected chi connectivity index (χ2v) is 11.6. The Bertz CT molecular complexity index is 1300. The number of hydrogen-bond acceptors (Lipinski definition) is 4. The number of hydrogen-bond donors (Lipinski definition) is 4. The Hall–Kier alpha value is -3.65. The summed E-state index contributed by atoms with van der Waals surface area (Å²) in [6.07, 6.45) is 6.91. The van der Waals surface area contributed by atoms with Gasteiger partial charge in [-0.3, -0.25) is 14.4 Å². The molecule has 0 aliphatic carbocycles. The van der Waals surface area contributed by atoms with E-state index in [0.29, 0.717) is 25.9 Å². The van der Waals surface area contributed by atoms with Crippen LogP contribution in [0.15, 0.2) is 60.8 Å². The number of aryl methyl sites for hydroxylation is 1. The maximum Gasteiger partial charge on any atom is 0.308 e. The monoisotopic (exact) mass is 560 g/mol. The first-order chi connectivity index (χ1) is 19.8. The van der Waals surface area contributed by atoms with Crippen molar-refractivity contribution in [2.24, 2.45) is 17.8 Å². The summed E-state index contributed by atoms with van der Waals surface area (Å²) in [5.41, 5.74) is 3.17. The van der Waals surface area contributed by atoms with E-state index in [1.165, 1.54) is 0 Å². The van der Waals surface area contributed by atoms with Crippen molar-refractivity contribution < 1.29 is 19.5 Å². The predicted molar refractivity (Wildman–Crippen MR) is 161 cm³/mol. The van der Waals surface area contributed by atoms with E-state index in [4.69, 9.17) is 0 Å². The molecule has 1 aliphatic rings. The number of para-hydroxylation sites is 1. The molecule has 0 spiro atoms. The minimum Gasteiger partial charge on any atom is -0.481 e. The Labute approximate surface area is 242 Å². The number of amides is 2. The highest BCUT2D eigenvalue weighted by Gasteiger charge is 2.36. The third-order valence-electron chi connectivity index (χ3n) is 7.95. The van der Waals surface area contributed by atoms with Crippen LogP contribution in [0.5, 0.6) is 0 Å². The van der Waals surface area contributed by atoms with Gasteiger partial charge >= 0.3 is 5.97 Å². The third kappa shape index (κ3) is 8.43. The minimum absolute atomic E-state index is 0.105. The molecule has 1 aliphatic heterocycles. The normalized spacial score (nSPS) is 18.0. The zero-order chi connectivity index (χ0) is 29.2. The Morgan fingerprint density at radius 1 is 1.00 bits per heavy atom. The minimum atomic E-state index is -1.02. The molecule has 2 bridgehead atoms. The van der Waals surface area contributed by atoms with Crippen LogP contribution in [0.25, 0.3) is 10.9 Å². The summed E-state index contributed by atoms with van der Waals surface area (Å²) >= 11 is 0. The van der Waals surface area contributed by atoms with Crippen molar-refractivity contribution in [2.45, 2.75) is 71.5 Å². The smallest absolute Gasteiger partial charge is 0.308 e. The van der Waals surface area contributed by atoms with Crippen LogP contribution in [0, 0.1) is 17.8 Å². The van der Waals surface area contributed by atoms with Gasteiger partial charge in [0.05, 0.1) is 11.8 Å². The van der Waals surface area contributed by atoms with Crippen molar-refractivity contribution in [3.8, 4) is 0 Å². The highest BCUT2D eigenvalue weighted by atomic mass is 16.4. The van der Waals surface area contributed by atoms with Crippen LogP contribution < -0.4 is 16.0 Å². The van der Waals surface area contributed by atoms with Crippen LogP contribution in [0.3, 0.4) is 0 Å². The maximum atomic E-state index is 13.8. The predicted octanol–water partition coefficient (Wildman–Crippen LogP) is 4.51. The van der Waals surface area contributed by atoms with Gasteiger partial charge < -0.3 is 25.6 Å². The Balaban J connectivity index is 1.56. The van der Waals surface area contributed by atoms with Crippen molar-refractivity contribution in [1.29, 1.82) is 0 Å². The van der Waals surface area contributed by atoms with Crippen LogP contribution in [-0.2, 0) is 33.9 Å². The number of rotatable bonds is 10. The van der Waals surface area contributed by atoms with Gasteiger partial charge in [-0.05, 0) is 42.4 Å². The summed E-state index contributed by atoms with van der Waals surface area (Å²) in [5.74, 6) is -3.25. The van der Waals surface area contributed by atoms with Crippen LogP contribution in [-0.4, -0.2) is 46.6 Å². The third-order valence-corrected chi connectivity index (χ3v) is 7.95. The Morgan fingerprint density at radius 2 is 1.73 bits per heavy atom. The summed E-state index contributed by atoms with van der Waals surface area (Å²) in [6, 6.07) is 17.1. The van der Waals surface area contributed by atoms with E-state index in [0.717, 1.165) is 54.3 Å². The van der Waals surface area contributed by atoms with Crippen molar-refractivity contribution in [2.75, 3.05) is 13.1 Å². The number of carbonyl (C=O) groups excluding carboxylic acids is 2. The number of carboxylic acids is 1. The lowest BCUT2D eigenvalue weighted by atomic mass is 9.84. The van der Waals surface area contributed by atoms with E-state index in [9.17, 15) is 19.5 Å². The van der Waals surface area contributed by atoms with Crippen LogP contribution in [0.4, 0.5) is 0 Å². The topological polar surface area (TPSA) is 112 Å². The fourth-order valence-corrected chi connectivity index (χ4v) is 5.81. The molecular weight excluding hydrogens is 516 g/mol. The lowest BCUT2D eigenvalue weighted by Gasteiger charge is -2.27. The highest BCUT2D eigenvalue weighted by molar-refractivity contribution is 5.92. The molecule has 8 heteroatoms. The van der Waals surface area contributed by atoms with Crippen LogP contribution >= 0.6 is 0 Å². The van der Waals surface area contributed by atoms with Crippen molar-refractivity contribution in [1.82, 2.24) is 20.5 Å². The molecule has 0 saturated carbocycles. The van der Waals surface area contributed by atoms with Gasteiger partial charge in [-0.25, -0.2) is 0 Å². The quantitative estimate of drug-likeness (QED) is 0.292. The fourth-order valence-electron chi connectivity index (χ4n) is 5.81. The SMILES string of the molecule is CC(C)C[C@@H](C(=O)N[C@H]1Cc2cn(c3ccccc23)CCCCCCNC1=O)C(CNCc1ccccc1)C(=O)O. The largest absolute Gasteiger partial charge is 0.481 e. The molecule has 2 heterocycles. The number of fused-ring (bicyclic) bond motifs is 5. The van der Waals surface area contributed by atoms with Gasteiger partial charge in [0.15, 0.2) is 0 Å². The van der Waals surface area contributed by atoms with Crippen molar-refractivity contribution >= 4 is 28.7 Å². The van der Waals surface area contributed by atoms with E-state index in [1.807, 2.05) is 56.3 Å². The Morgan fingerprint density at radius 3 is 2.49 bits per heavy atom. The lowest BCUT2D eigenvalue weighted by molar-refractivity contribution is -0.148. The van der Waals surface area contributed by atoms with E-state index in [2.05, 4.69) is 38.8 Å². The zero-order valence-corrected chi connectivity index (χ0v) is 24.3. The van der Waals surface area contributed by atoms with E-state index in [1.54, 1.807) is 0 Å². The molecule has 3 aromatic rings. The molecule has 220 valence electrons. The summed E-state index contributed by atoms with van der Waals surface area (Å²) in [6.45, 7) is 6.09. The van der Waals surface area contributed by atoms with Crippen molar-refractivity contribution in [3.63, 3.8) is 0 Å². The first-order valence-electron chi connectivity index (χ1n) is 15.0. The highest BCUT2D eigenvalue weighted by Crippen LogP contribution is 2.25. The molecule has 3 atom stereocenters. The Kier molecular flexibility index (Phi) is 11.0. The summed E-state index contributed by atoms with van der Waals surface area (Å²) in [5, 5.41) is 20.5. The number of benzene rings is 2. The van der Waals surface area contributed by atoms with Gasteiger partial charge in [-0.2, -0.15) is 0 Å².